The highest BCUT2D eigenvalue weighted by atomic mass is 16.2. The Labute approximate surface area is 142 Å². The van der Waals surface area contributed by atoms with Gasteiger partial charge in [-0.3, -0.25) is 9.59 Å². The van der Waals surface area contributed by atoms with Gasteiger partial charge >= 0.3 is 0 Å². The van der Waals surface area contributed by atoms with Crippen LogP contribution in [0.5, 0.6) is 0 Å². The molecule has 0 bridgehead atoms. The minimum Gasteiger partial charge on any atom is -0.343 e. The molecule has 0 unspecified atom stereocenters. The van der Waals surface area contributed by atoms with Crippen molar-refractivity contribution in [2.45, 2.75) is 13.5 Å². The van der Waals surface area contributed by atoms with Crippen LogP contribution in [-0.2, 0) is 11.3 Å². The summed E-state index contributed by atoms with van der Waals surface area (Å²) in [6.07, 6.45) is 0. The lowest BCUT2D eigenvalue weighted by Gasteiger charge is -2.19. The standard InChI is InChI=1S/C18H24N4O2/c1-14-5-7-15(8-6-14)16-9-10-17(23)22(19-16)13-18(24)21(4)12-11-20(2)3/h5-10H,11-13H2,1-4H3. The van der Waals surface area contributed by atoms with Gasteiger partial charge in [0.2, 0.25) is 5.91 Å². The van der Waals surface area contributed by atoms with Crippen molar-refractivity contribution in [1.82, 2.24) is 19.6 Å². The van der Waals surface area contributed by atoms with Gasteiger partial charge in [0.15, 0.2) is 0 Å². The second-order valence-corrected chi connectivity index (χ2v) is 6.20. The van der Waals surface area contributed by atoms with Crippen LogP contribution in [0.3, 0.4) is 0 Å². The van der Waals surface area contributed by atoms with E-state index in [1.807, 2.05) is 50.2 Å². The molecule has 2 rings (SSSR count). The Morgan fingerprint density at radius 3 is 2.33 bits per heavy atom. The molecule has 6 heteroatoms. The van der Waals surface area contributed by atoms with E-state index in [1.54, 1.807) is 18.0 Å². The van der Waals surface area contributed by atoms with Gasteiger partial charge < -0.3 is 9.80 Å². The van der Waals surface area contributed by atoms with Gasteiger partial charge in [0.1, 0.15) is 6.54 Å². The minimum absolute atomic E-state index is 0.0531. The van der Waals surface area contributed by atoms with Crippen LogP contribution in [0, 0.1) is 6.92 Å². The summed E-state index contributed by atoms with van der Waals surface area (Å²) in [6.45, 7) is 3.34. The summed E-state index contributed by atoms with van der Waals surface area (Å²) in [5.74, 6) is -0.132. The third kappa shape index (κ3) is 4.76. The first kappa shape index (κ1) is 17.9. The highest BCUT2D eigenvalue weighted by Crippen LogP contribution is 2.15. The summed E-state index contributed by atoms with van der Waals surface area (Å²) >= 11 is 0. The van der Waals surface area contributed by atoms with Gasteiger partial charge in [0, 0.05) is 31.8 Å². The summed E-state index contributed by atoms with van der Waals surface area (Å²) in [6, 6.07) is 11.0. The highest BCUT2D eigenvalue weighted by Gasteiger charge is 2.12. The number of aromatic nitrogens is 2. The van der Waals surface area contributed by atoms with Crippen molar-refractivity contribution >= 4 is 5.91 Å². The Hall–Kier alpha value is -2.47. The molecular weight excluding hydrogens is 304 g/mol. The van der Waals surface area contributed by atoms with Gasteiger partial charge in [-0.1, -0.05) is 29.8 Å². The van der Waals surface area contributed by atoms with Gasteiger partial charge in [-0.15, -0.1) is 0 Å². The Morgan fingerprint density at radius 1 is 1.04 bits per heavy atom. The fourth-order valence-electron chi connectivity index (χ4n) is 2.16. The molecule has 0 aliphatic rings. The van der Waals surface area contributed by atoms with E-state index in [4.69, 9.17) is 0 Å². The van der Waals surface area contributed by atoms with Crippen LogP contribution in [0.2, 0.25) is 0 Å². The van der Waals surface area contributed by atoms with Crippen LogP contribution in [0.1, 0.15) is 5.56 Å². The number of rotatable bonds is 6. The predicted octanol–water partition coefficient (Wildman–Crippen LogP) is 1.24. The normalized spacial score (nSPS) is 10.9. The molecule has 1 heterocycles. The predicted molar refractivity (Wildman–Crippen MR) is 94.9 cm³/mol. The summed E-state index contributed by atoms with van der Waals surface area (Å²) in [5.41, 5.74) is 2.48. The van der Waals surface area contributed by atoms with Gasteiger partial charge in [-0.25, -0.2) is 4.68 Å². The van der Waals surface area contributed by atoms with Crippen molar-refractivity contribution in [3.63, 3.8) is 0 Å². The quantitative estimate of drug-likeness (QED) is 0.800. The maximum atomic E-state index is 12.3. The molecule has 0 radical (unpaired) electrons. The zero-order valence-electron chi connectivity index (χ0n) is 14.7. The van der Waals surface area contributed by atoms with E-state index >= 15 is 0 Å². The molecule has 2 aromatic rings. The summed E-state index contributed by atoms with van der Waals surface area (Å²) in [4.78, 5) is 27.9. The van der Waals surface area contributed by atoms with E-state index in [1.165, 1.54) is 10.7 Å². The average molecular weight is 328 g/mol. The number of benzene rings is 1. The second kappa shape index (κ2) is 7.88. The monoisotopic (exact) mass is 328 g/mol. The Balaban J connectivity index is 2.15. The molecule has 1 aromatic carbocycles. The van der Waals surface area contributed by atoms with E-state index < -0.39 is 0 Å². The van der Waals surface area contributed by atoms with Crippen LogP contribution in [0.15, 0.2) is 41.2 Å². The van der Waals surface area contributed by atoms with E-state index in [9.17, 15) is 9.59 Å². The molecule has 128 valence electrons. The van der Waals surface area contributed by atoms with Gasteiger partial charge in [-0.05, 0) is 27.1 Å². The third-order valence-electron chi connectivity index (χ3n) is 3.81. The summed E-state index contributed by atoms with van der Waals surface area (Å²) in [5, 5.41) is 4.34. The molecule has 0 spiro atoms. The van der Waals surface area contributed by atoms with Crippen LogP contribution in [0.25, 0.3) is 11.3 Å². The molecule has 1 aromatic heterocycles. The van der Waals surface area contributed by atoms with Crippen LogP contribution < -0.4 is 5.56 Å². The van der Waals surface area contributed by atoms with Crippen molar-refractivity contribution < 1.29 is 4.79 Å². The highest BCUT2D eigenvalue weighted by molar-refractivity contribution is 5.75. The number of hydrogen-bond acceptors (Lipinski definition) is 4. The number of aryl methyl sites for hydroxylation is 1. The molecule has 0 atom stereocenters. The number of amides is 1. The molecule has 1 amide bonds. The molecule has 24 heavy (non-hydrogen) atoms. The maximum Gasteiger partial charge on any atom is 0.267 e. The van der Waals surface area contributed by atoms with Gasteiger partial charge in [-0.2, -0.15) is 5.10 Å². The molecule has 0 aliphatic heterocycles. The fraction of sp³-hybridized carbons (Fsp3) is 0.389. The lowest BCUT2D eigenvalue weighted by molar-refractivity contribution is -0.130. The van der Waals surface area contributed by atoms with E-state index in [2.05, 4.69) is 5.10 Å². The SMILES string of the molecule is Cc1ccc(-c2ccc(=O)n(CC(=O)N(C)CCN(C)C)n2)cc1. The van der Waals surface area contributed by atoms with E-state index in [-0.39, 0.29) is 18.0 Å². The summed E-state index contributed by atoms with van der Waals surface area (Å²) in [7, 11) is 5.64. The number of carbonyl (C=O) groups is 1. The zero-order chi connectivity index (χ0) is 17.7. The molecule has 0 fully saturated rings. The molecule has 0 aliphatic carbocycles. The smallest absolute Gasteiger partial charge is 0.267 e. The lowest BCUT2D eigenvalue weighted by Crippen LogP contribution is -2.38. The van der Waals surface area contributed by atoms with E-state index in [0.29, 0.717) is 12.2 Å². The molecule has 6 nitrogen and oxygen atoms in total. The van der Waals surface area contributed by atoms with Crippen molar-refractivity contribution in [3.8, 4) is 11.3 Å². The average Bonchev–Trinajstić information content (AvgIpc) is 2.55. The third-order valence-corrected chi connectivity index (χ3v) is 3.81. The number of likely N-dealkylation sites (N-methyl/N-ethyl adjacent to an activating group) is 2. The zero-order valence-corrected chi connectivity index (χ0v) is 14.7. The minimum atomic E-state index is -0.278. The van der Waals surface area contributed by atoms with Crippen molar-refractivity contribution in [3.05, 3.63) is 52.3 Å². The Bertz CT molecular complexity index is 750. The first-order valence-electron chi connectivity index (χ1n) is 7.90. The Kier molecular flexibility index (Phi) is 5.87. The molecular formula is C18H24N4O2. The van der Waals surface area contributed by atoms with Crippen LogP contribution in [0.4, 0.5) is 0 Å². The first-order valence-corrected chi connectivity index (χ1v) is 7.90. The fourth-order valence-corrected chi connectivity index (χ4v) is 2.16. The van der Waals surface area contributed by atoms with Crippen molar-refractivity contribution in [2.75, 3.05) is 34.2 Å². The maximum absolute atomic E-state index is 12.3. The number of carbonyl (C=O) groups excluding carboxylic acids is 1. The lowest BCUT2D eigenvalue weighted by atomic mass is 10.1. The van der Waals surface area contributed by atoms with Crippen molar-refractivity contribution in [1.29, 1.82) is 0 Å². The van der Waals surface area contributed by atoms with E-state index in [0.717, 1.165) is 17.7 Å². The summed E-state index contributed by atoms with van der Waals surface area (Å²) < 4.78 is 1.23. The van der Waals surface area contributed by atoms with Crippen molar-refractivity contribution in [2.24, 2.45) is 0 Å². The second-order valence-electron chi connectivity index (χ2n) is 6.20. The van der Waals surface area contributed by atoms with Crippen LogP contribution in [-0.4, -0.2) is 59.7 Å². The number of nitrogens with zero attached hydrogens (tertiary/aromatic N) is 4. The largest absolute Gasteiger partial charge is 0.343 e. The molecule has 0 saturated heterocycles. The number of hydrogen-bond donors (Lipinski definition) is 0. The van der Waals surface area contributed by atoms with Crippen LogP contribution >= 0.6 is 0 Å². The molecule has 0 saturated carbocycles. The first-order chi connectivity index (χ1) is 11.4. The topological polar surface area (TPSA) is 58.4 Å². The van der Waals surface area contributed by atoms with Gasteiger partial charge in [0.25, 0.3) is 5.56 Å². The van der Waals surface area contributed by atoms with Gasteiger partial charge in [0.05, 0.1) is 5.69 Å². The Morgan fingerprint density at radius 2 is 1.71 bits per heavy atom. The molecule has 0 N–H and O–H groups in total.